The first-order valence-electron chi connectivity index (χ1n) is 4.91. The van der Waals surface area contributed by atoms with Gasteiger partial charge in [0.05, 0.1) is 12.6 Å². The molecule has 14 heavy (non-hydrogen) atoms. The average Bonchev–Trinajstić information content (AvgIpc) is 2.48. The van der Waals surface area contributed by atoms with E-state index in [2.05, 4.69) is 10.6 Å². The first-order chi connectivity index (χ1) is 6.69. The molecule has 80 valence electrons. The van der Waals surface area contributed by atoms with Gasteiger partial charge < -0.3 is 15.5 Å². The third-order valence-corrected chi connectivity index (χ3v) is 2.35. The maximum Gasteiger partial charge on any atom is 0.240 e. The lowest BCUT2D eigenvalue weighted by Crippen LogP contribution is -2.41. The molecule has 1 atom stereocenters. The summed E-state index contributed by atoms with van der Waals surface area (Å²) >= 11 is 0. The van der Waals surface area contributed by atoms with Crippen molar-refractivity contribution in [3.63, 3.8) is 0 Å². The number of carbonyl (C=O) groups excluding carboxylic acids is 2. The van der Waals surface area contributed by atoms with Crippen LogP contribution in [-0.4, -0.2) is 49.4 Å². The van der Waals surface area contributed by atoms with E-state index < -0.39 is 0 Å². The molecule has 0 aliphatic carbocycles. The lowest BCUT2D eigenvalue weighted by molar-refractivity contribution is -0.134. The summed E-state index contributed by atoms with van der Waals surface area (Å²) in [6.45, 7) is 3.32. The third kappa shape index (κ3) is 2.45. The SMILES string of the molecule is CCNC(=O)CN1CCC(NC)C1=O. The third-order valence-electron chi connectivity index (χ3n) is 2.35. The maximum atomic E-state index is 11.6. The minimum absolute atomic E-state index is 0.0266. The standard InChI is InChI=1S/C9H17N3O2/c1-3-11-8(13)6-12-5-4-7(10-2)9(12)14/h7,10H,3-6H2,1-2H3,(H,11,13). The number of amides is 2. The van der Waals surface area contributed by atoms with Gasteiger partial charge in [0, 0.05) is 13.1 Å². The van der Waals surface area contributed by atoms with E-state index in [1.165, 1.54) is 0 Å². The molecule has 5 nitrogen and oxygen atoms in total. The molecule has 1 aliphatic rings. The lowest BCUT2D eigenvalue weighted by Gasteiger charge is -2.15. The zero-order chi connectivity index (χ0) is 10.6. The molecule has 1 rings (SSSR count). The summed E-state index contributed by atoms with van der Waals surface area (Å²) < 4.78 is 0. The van der Waals surface area contributed by atoms with Gasteiger partial charge in [-0.15, -0.1) is 0 Å². The monoisotopic (exact) mass is 199 g/mol. The van der Waals surface area contributed by atoms with Gasteiger partial charge in [-0.25, -0.2) is 0 Å². The van der Waals surface area contributed by atoms with E-state index in [4.69, 9.17) is 0 Å². The number of nitrogens with one attached hydrogen (secondary N) is 2. The van der Waals surface area contributed by atoms with Gasteiger partial charge in [0.15, 0.2) is 0 Å². The maximum absolute atomic E-state index is 11.6. The van der Waals surface area contributed by atoms with Crippen molar-refractivity contribution in [1.29, 1.82) is 0 Å². The van der Waals surface area contributed by atoms with Gasteiger partial charge in [0.25, 0.3) is 0 Å². The second kappa shape index (κ2) is 4.95. The van der Waals surface area contributed by atoms with Crippen LogP contribution in [0.3, 0.4) is 0 Å². The minimum Gasteiger partial charge on any atom is -0.355 e. The summed E-state index contributed by atoms with van der Waals surface area (Å²) in [5, 5.41) is 5.60. The van der Waals surface area contributed by atoms with Gasteiger partial charge in [-0.2, -0.15) is 0 Å². The number of likely N-dealkylation sites (N-methyl/N-ethyl adjacent to an activating group) is 2. The van der Waals surface area contributed by atoms with E-state index in [9.17, 15) is 9.59 Å². The predicted octanol–water partition coefficient (Wildman–Crippen LogP) is -1.06. The van der Waals surface area contributed by atoms with E-state index in [-0.39, 0.29) is 24.4 Å². The van der Waals surface area contributed by atoms with Crippen molar-refractivity contribution in [1.82, 2.24) is 15.5 Å². The first kappa shape index (κ1) is 11.0. The number of likely N-dealkylation sites (tertiary alicyclic amines) is 1. The average molecular weight is 199 g/mol. The van der Waals surface area contributed by atoms with Crippen molar-refractivity contribution in [2.45, 2.75) is 19.4 Å². The Kier molecular flexibility index (Phi) is 3.88. The molecule has 0 aromatic rings. The molecule has 5 heteroatoms. The molecule has 1 saturated heterocycles. The molecule has 1 fully saturated rings. The van der Waals surface area contributed by atoms with Crippen molar-refractivity contribution in [3.05, 3.63) is 0 Å². The van der Waals surface area contributed by atoms with Crippen LogP contribution in [-0.2, 0) is 9.59 Å². The molecule has 1 unspecified atom stereocenters. The molecule has 1 heterocycles. The van der Waals surface area contributed by atoms with Gasteiger partial charge in [0.2, 0.25) is 11.8 Å². The molecule has 0 saturated carbocycles. The van der Waals surface area contributed by atoms with Crippen molar-refractivity contribution < 1.29 is 9.59 Å². The van der Waals surface area contributed by atoms with Crippen LogP contribution in [0.1, 0.15) is 13.3 Å². The van der Waals surface area contributed by atoms with Gasteiger partial charge in [-0.1, -0.05) is 0 Å². The Balaban J connectivity index is 2.40. The van der Waals surface area contributed by atoms with Crippen LogP contribution in [0.25, 0.3) is 0 Å². The molecule has 0 aromatic carbocycles. The van der Waals surface area contributed by atoms with Crippen LogP contribution in [0, 0.1) is 0 Å². The Bertz CT molecular complexity index is 230. The van der Waals surface area contributed by atoms with E-state index >= 15 is 0 Å². The Hall–Kier alpha value is -1.10. The highest BCUT2D eigenvalue weighted by atomic mass is 16.2. The largest absolute Gasteiger partial charge is 0.355 e. The van der Waals surface area contributed by atoms with E-state index in [0.29, 0.717) is 13.1 Å². The zero-order valence-electron chi connectivity index (χ0n) is 8.67. The topological polar surface area (TPSA) is 61.4 Å². The summed E-state index contributed by atoms with van der Waals surface area (Å²) in [7, 11) is 1.76. The quantitative estimate of drug-likeness (QED) is 0.607. The number of carbonyl (C=O) groups is 2. The summed E-state index contributed by atoms with van der Waals surface area (Å²) in [4.78, 5) is 24.4. The molecule has 0 aromatic heterocycles. The molecular formula is C9H17N3O2. The van der Waals surface area contributed by atoms with E-state index in [0.717, 1.165) is 6.42 Å². The minimum atomic E-state index is -0.107. The summed E-state index contributed by atoms with van der Waals surface area (Å²) in [5.74, 6) is -0.0589. The molecule has 1 aliphatic heterocycles. The van der Waals surface area contributed by atoms with Crippen molar-refractivity contribution in [2.24, 2.45) is 0 Å². The molecule has 0 bridgehead atoms. The summed E-state index contributed by atoms with van der Waals surface area (Å²) in [5.41, 5.74) is 0. The lowest BCUT2D eigenvalue weighted by atomic mass is 10.3. The van der Waals surface area contributed by atoms with Crippen LogP contribution in [0.15, 0.2) is 0 Å². The fraction of sp³-hybridized carbons (Fsp3) is 0.778. The molecule has 0 radical (unpaired) electrons. The first-order valence-corrected chi connectivity index (χ1v) is 4.91. The fourth-order valence-electron chi connectivity index (χ4n) is 1.59. The van der Waals surface area contributed by atoms with Crippen LogP contribution in [0.4, 0.5) is 0 Å². The highest BCUT2D eigenvalue weighted by molar-refractivity contribution is 5.88. The van der Waals surface area contributed by atoms with Gasteiger partial charge in [-0.3, -0.25) is 9.59 Å². The Morgan fingerprint density at radius 1 is 1.64 bits per heavy atom. The fourth-order valence-corrected chi connectivity index (χ4v) is 1.59. The number of rotatable bonds is 4. The van der Waals surface area contributed by atoms with Gasteiger partial charge in [0.1, 0.15) is 0 Å². The predicted molar refractivity (Wildman–Crippen MR) is 52.7 cm³/mol. The molecule has 2 amide bonds. The number of nitrogens with zero attached hydrogens (tertiary/aromatic N) is 1. The highest BCUT2D eigenvalue weighted by Crippen LogP contribution is 2.09. The van der Waals surface area contributed by atoms with Crippen LogP contribution >= 0.6 is 0 Å². The zero-order valence-corrected chi connectivity index (χ0v) is 8.67. The van der Waals surface area contributed by atoms with Crippen LogP contribution in [0.5, 0.6) is 0 Å². The highest BCUT2D eigenvalue weighted by Gasteiger charge is 2.30. The Labute approximate surface area is 83.8 Å². The molecule has 0 spiro atoms. The Morgan fingerprint density at radius 2 is 2.36 bits per heavy atom. The van der Waals surface area contributed by atoms with Crippen molar-refractivity contribution >= 4 is 11.8 Å². The normalized spacial score (nSPS) is 21.4. The van der Waals surface area contributed by atoms with Crippen LogP contribution in [0.2, 0.25) is 0 Å². The van der Waals surface area contributed by atoms with Crippen molar-refractivity contribution in [2.75, 3.05) is 26.7 Å². The number of hydrogen-bond acceptors (Lipinski definition) is 3. The van der Waals surface area contributed by atoms with Gasteiger partial charge >= 0.3 is 0 Å². The second-order valence-electron chi connectivity index (χ2n) is 3.34. The van der Waals surface area contributed by atoms with Gasteiger partial charge in [-0.05, 0) is 20.4 Å². The number of hydrogen-bond donors (Lipinski definition) is 2. The second-order valence-corrected chi connectivity index (χ2v) is 3.34. The van der Waals surface area contributed by atoms with Crippen molar-refractivity contribution in [3.8, 4) is 0 Å². The molecule has 2 N–H and O–H groups in total. The van der Waals surface area contributed by atoms with E-state index in [1.807, 2.05) is 6.92 Å². The smallest absolute Gasteiger partial charge is 0.240 e. The Morgan fingerprint density at radius 3 is 2.86 bits per heavy atom. The van der Waals surface area contributed by atoms with Crippen LogP contribution < -0.4 is 10.6 Å². The van der Waals surface area contributed by atoms with E-state index in [1.54, 1.807) is 11.9 Å². The summed E-state index contributed by atoms with van der Waals surface area (Å²) in [6, 6.07) is -0.107. The molecular weight excluding hydrogens is 182 g/mol. The summed E-state index contributed by atoms with van der Waals surface area (Å²) in [6.07, 6.45) is 0.786.